The molecule has 0 aromatic heterocycles. The SMILES string of the molecule is CCCCC(CC)COC(=O)c1ccccc1N=Nc1c(O)ccc2ccccc12. The van der Waals surface area contributed by atoms with Crippen molar-refractivity contribution in [2.75, 3.05) is 6.61 Å². The van der Waals surface area contributed by atoms with Crippen molar-refractivity contribution >= 4 is 28.1 Å². The zero-order valence-electron chi connectivity index (χ0n) is 17.5. The summed E-state index contributed by atoms with van der Waals surface area (Å²) in [4.78, 5) is 12.7. The van der Waals surface area contributed by atoms with E-state index in [-0.39, 0.29) is 5.75 Å². The Morgan fingerprint density at radius 3 is 2.57 bits per heavy atom. The first-order valence-corrected chi connectivity index (χ1v) is 10.5. The molecule has 3 aromatic rings. The van der Waals surface area contributed by atoms with Gasteiger partial charge in [-0.2, -0.15) is 0 Å². The highest BCUT2D eigenvalue weighted by atomic mass is 16.5. The van der Waals surface area contributed by atoms with E-state index in [1.165, 1.54) is 0 Å². The third kappa shape index (κ3) is 5.23. The van der Waals surface area contributed by atoms with Gasteiger partial charge in [0.25, 0.3) is 0 Å². The third-order valence-electron chi connectivity index (χ3n) is 5.25. The maximum atomic E-state index is 12.7. The van der Waals surface area contributed by atoms with E-state index in [1.54, 1.807) is 30.3 Å². The molecule has 0 aliphatic rings. The zero-order valence-corrected chi connectivity index (χ0v) is 17.5. The largest absolute Gasteiger partial charge is 0.506 e. The van der Waals surface area contributed by atoms with E-state index >= 15 is 0 Å². The van der Waals surface area contributed by atoms with Crippen molar-refractivity contribution in [3.05, 3.63) is 66.2 Å². The summed E-state index contributed by atoms with van der Waals surface area (Å²) >= 11 is 0. The van der Waals surface area contributed by atoms with Crippen molar-refractivity contribution in [2.45, 2.75) is 39.5 Å². The van der Waals surface area contributed by atoms with Gasteiger partial charge in [-0.05, 0) is 35.9 Å². The van der Waals surface area contributed by atoms with E-state index < -0.39 is 5.97 Å². The molecule has 5 heteroatoms. The van der Waals surface area contributed by atoms with Gasteiger partial charge in [-0.25, -0.2) is 4.79 Å². The van der Waals surface area contributed by atoms with Crippen LogP contribution in [0.5, 0.6) is 5.75 Å². The molecule has 0 aliphatic heterocycles. The number of unbranched alkanes of at least 4 members (excludes halogenated alkanes) is 1. The van der Waals surface area contributed by atoms with Crippen LogP contribution in [0.25, 0.3) is 10.8 Å². The van der Waals surface area contributed by atoms with Gasteiger partial charge in [0.15, 0.2) is 0 Å². The van der Waals surface area contributed by atoms with Crippen LogP contribution in [0.4, 0.5) is 11.4 Å². The number of azo groups is 1. The second-order valence-corrected chi connectivity index (χ2v) is 7.39. The molecule has 1 unspecified atom stereocenters. The van der Waals surface area contributed by atoms with Crippen molar-refractivity contribution in [3.8, 4) is 5.75 Å². The van der Waals surface area contributed by atoms with Crippen LogP contribution in [-0.4, -0.2) is 17.7 Å². The highest BCUT2D eigenvalue weighted by Crippen LogP contribution is 2.36. The number of fused-ring (bicyclic) bond motifs is 1. The summed E-state index contributed by atoms with van der Waals surface area (Å²) in [5, 5.41) is 20.5. The number of phenolic OH excluding ortho intramolecular Hbond substituents is 1. The molecule has 0 spiro atoms. The molecule has 5 nitrogen and oxygen atoms in total. The molecule has 3 rings (SSSR count). The Kier molecular flexibility index (Phi) is 7.55. The molecule has 30 heavy (non-hydrogen) atoms. The summed E-state index contributed by atoms with van der Waals surface area (Å²) in [6, 6.07) is 18.0. The summed E-state index contributed by atoms with van der Waals surface area (Å²) in [5.41, 5.74) is 1.16. The van der Waals surface area contributed by atoms with Gasteiger partial charge in [-0.15, -0.1) is 10.2 Å². The van der Waals surface area contributed by atoms with E-state index in [2.05, 4.69) is 24.1 Å². The summed E-state index contributed by atoms with van der Waals surface area (Å²) < 4.78 is 5.57. The van der Waals surface area contributed by atoms with Crippen molar-refractivity contribution in [3.63, 3.8) is 0 Å². The minimum Gasteiger partial charge on any atom is -0.506 e. The Morgan fingerprint density at radius 2 is 1.77 bits per heavy atom. The zero-order chi connectivity index (χ0) is 21.3. The summed E-state index contributed by atoms with van der Waals surface area (Å²) in [5.74, 6) is 0.0104. The smallest absolute Gasteiger partial charge is 0.340 e. The van der Waals surface area contributed by atoms with E-state index in [0.29, 0.717) is 29.5 Å². The Hall–Kier alpha value is -3.21. The van der Waals surface area contributed by atoms with Crippen molar-refractivity contribution in [1.82, 2.24) is 0 Å². The number of hydrogen-bond acceptors (Lipinski definition) is 5. The van der Waals surface area contributed by atoms with E-state index in [0.717, 1.165) is 36.5 Å². The van der Waals surface area contributed by atoms with Gasteiger partial charge in [0.05, 0.1) is 12.2 Å². The van der Waals surface area contributed by atoms with Crippen molar-refractivity contribution in [1.29, 1.82) is 0 Å². The molecule has 0 radical (unpaired) electrons. The van der Waals surface area contributed by atoms with Crippen LogP contribution in [0.2, 0.25) is 0 Å². The molecule has 0 saturated heterocycles. The normalized spacial score (nSPS) is 12.3. The molecule has 0 bridgehead atoms. The van der Waals surface area contributed by atoms with Crippen molar-refractivity contribution < 1.29 is 14.6 Å². The van der Waals surface area contributed by atoms with Gasteiger partial charge in [0.2, 0.25) is 0 Å². The van der Waals surface area contributed by atoms with Crippen LogP contribution in [-0.2, 0) is 4.74 Å². The Labute approximate surface area is 177 Å². The predicted octanol–water partition coefficient (Wildman–Crippen LogP) is 7.33. The number of aromatic hydroxyl groups is 1. The third-order valence-corrected chi connectivity index (χ3v) is 5.25. The van der Waals surface area contributed by atoms with Gasteiger partial charge < -0.3 is 9.84 Å². The number of hydrogen-bond donors (Lipinski definition) is 1. The predicted molar refractivity (Wildman–Crippen MR) is 120 cm³/mol. The lowest BCUT2D eigenvalue weighted by Gasteiger charge is -2.15. The summed E-state index contributed by atoms with van der Waals surface area (Å²) in [7, 11) is 0. The number of esters is 1. The molecule has 1 atom stereocenters. The molecule has 1 N–H and O–H groups in total. The number of nitrogens with zero attached hydrogens (tertiary/aromatic N) is 2. The Morgan fingerprint density at radius 1 is 1.00 bits per heavy atom. The molecule has 0 saturated carbocycles. The fourth-order valence-corrected chi connectivity index (χ4v) is 3.36. The molecule has 0 fully saturated rings. The number of rotatable bonds is 9. The van der Waals surface area contributed by atoms with Crippen LogP contribution >= 0.6 is 0 Å². The molecule has 0 heterocycles. The summed E-state index contributed by atoms with van der Waals surface area (Å²) in [6.07, 6.45) is 4.31. The first-order chi connectivity index (χ1) is 14.6. The lowest BCUT2D eigenvalue weighted by molar-refractivity contribution is 0.0429. The van der Waals surface area contributed by atoms with Crippen LogP contribution in [0.15, 0.2) is 70.9 Å². The average molecular weight is 405 g/mol. The highest BCUT2D eigenvalue weighted by molar-refractivity contribution is 5.96. The first-order valence-electron chi connectivity index (χ1n) is 10.5. The number of benzene rings is 3. The number of phenols is 1. The van der Waals surface area contributed by atoms with Gasteiger partial charge in [0.1, 0.15) is 17.1 Å². The minimum atomic E-state index is -0.401. The molecule has 156 valence electrons. The lowest BCUT2D eigenvalue weighted by Crippen LogP contribution is -2.14. The van der Waals surface area contributed by atoms with Gasteiger partial charge in [-0.1, -0.05) is 75.6 Å². The van der Waals surface area contributed by atoms with Crippen LogP contribution in [0.1, 0.15) is 49.9 Å². The lowest BCUT2D eigenvalue weighted by atomic mass is 10.0. The van der Waals surface area contributed by atoms with Crippen molar-refractivity contribution in [2.24, 2.45) is 16.1 Å². The summed E-state index contributed by atoms with van der Waals surface area (Å²) in [6.45, 7) is 4.69. The van der Waals surface area contributed by atoms with Gasteiger partial charge >= 0.3 is 5.97 Å². The maximum Gasteiger partial charge on any atom is 0.340 e. The number of carbonyl (C=O) groups is 1. The molecule has 0 aliphatic carbocycles. The molecular formula is C25H28N2O3. The molecule has 0 amide bonds. The maximum absolute atomic E-state index is 12.7. The average Bonchev–Trinajstić information content (AvgIpc) is 2.78. The second-order valence-electron chi connectivity index (χ2n) is 7.39. The molecule has 3 aromatic carbocycles. The van der Waals surface area contributed by atoms with E-state index in [4.69, 9.17) is 4.74 Å². The minimum absolute atomic E-state index is 0.0409. The van der Waals surface area contributed by atoms with E-state index in [1.807, 2.05) is 30.3 Å². The number of ether oxygens (including phenoxy) is 1. The van der Waals surface area contributed by atoms with Gasteiger partial charge in [-0.3, -0.25) is 0 Å². The van der Waals surface area contributed by atoms with Crippen LogP contribution in [0, 0.1) is 5.92 Å². The Bertz CT molecular complexity index is 1030. The van der Waals surface area contributed by atoms with Gasteiger partial charge in [0, 0.05) is 5.39 Å². The van der Waals surface area contributed by atoms with Crippen LogP contribution < -0.4 is 0 Å². The fourth-order valence-electron chi connectivity index (χ4n) is 3.36. The highest BCUT2D eigenvalue weighted by Gasteiger charge is 2.15. The standard InChI is InChI=1S/C25H28N2O3/c1-3-5-10-18(4-2)17-30-25(29)21-13-8-9-14-22(21)26-27-24-20-12-7-6-11-19(20)15-16-23(24)28/h6-9,11-16,18,28H,3-5,10,17H2,1-2H3. The van der Waals surface area contributed by atoms with E-state index in [9.17, 15) is 9.90 Å². The fraction of sp³-hybridized carbons (Fsp3) is 0.320. The molecular weight excluding hydrogens is 376 g/mol. The topological polar surface area (TPSA) is 71.2 Å². The second kappa shape index (κ2) is 10.5. The monoisotopic (exact) mass is 404 g/mol. The Balaban J connectivity index is 1.81. The quantitative estimate of drug-likeness (QED) is 0.300. The van der Waals surface area contributed by atoms with Crippen LogP contribution in [0.3, 0.4) is 0 Å². The number of carbonyl (C=O) groups excluding carboxylic acids is 1. The first kappa shape index (κ1) is 21.5.